The third kappa shape index (κ3) is 4.92. The van der Waals surface area contributed by atoms with E-state index in [9.17, 15) is 18.0 Å². The van der Waals surface area contributed by atoms with Crippen molar-refractivity contribution in [3.05, 3.63) is 70.4 Å². The van der Waals surface area contributed by atoms with Gasteiger partial charge in [-0.3, -0.25) is 9.10 Å². The molecule has 0 saturated heterocycles. The molecule has 0 atom stereocenters. The van der Waals surface area contributed by atoms with E-state index in [2.05, 4.69) is 10.1 Å². The lowest BCUT2D eigenvalue weighted by Crippen LogP contribution is -2.28. The Balaban J connectivity index is 1.81. The zero-order valence-electron chi connectivity index (χ0n) is 17.7. The Kier molecular flexibility index (Phi) is 7.16. The molecule has 0 unspecified atom stereocenters. The minimum absolute atomic E-state index is 0.0554. The molecule has 32 heavy (non-hydrogen) atoms. The maximum absolute atomic E-state index is 13.2. The Morgan fingerprint density at radius 3 is 2.28 bits per heavy atom. The van der Waals surface area contributed by atoms with Gasteiger partial charge in [-0.05, 0) is 66.9 Å². The lowest BCUT2D eigenvalue weighted by molar-refractivity contribution is 0.0600. The van der Waals surface area contributed by atoms with E-state index < -0.39 is 21.9 Å². The number of anilines is 2. The number of nitrogens with one attached hydrogen (secondary N) is 1. The lowest BCUT2D eigenvalue weighted by Gasteiger charge is -2.20. The molecule has 0 fully saturated rings. The molecule has 1 heterocycles. The molecule has 1 aromatic heterocycles. The maximum atomic E-state index is 13.2. The highest BCUT2D eigenvalue weighted by Crippen LogP contribution is 2.29. The smallest absolute Gasteiger partial charge is 0.337 e. The van der Waals surface area contributed by atoms with Gasteiger partial charge in [0.05, 0.1) is 25.0 Å². The first-order valence-corrected chi connectivity index (χ1v) is 11.9. The molecular weight excluding hydrogens is 452 g/mol. The van der Waals surface area contributed by atoms with Gasteiger partial charge >= 0.3 is 5.97 Å². The zero-order chi connectivity index (χ0) is 23.3. The summed E-state index contributed by atoms with van der Waals surface area (Å²) in [6, 6.07) is 14.1. The van der Waals surface area contributed by atoms with Crippen LogP contribution >= 0.6 is 11.3 Å². The van der Waals surface area contributed by atoms with Crippen LogP contribution in [0.2, 0.25) is 0 Å². The van der Waals surface area contributed by atoms with Crippen LogP contribution in [0.4, 0.5) is 11.4 Å². The predicted octanol–water partition coefficient (Wildman–Crippen LogP) is 4.01. The molecule has 10 heteroatoms. The molecular formula is C22H22N2O6S2. The van der Waals surface area contributed by atoms with Crippen molar-refractivity contribution in [2.24, 2.45) is 0 Å². The molecule has 0 saturated carbocycles. The lowest BCUT2D eigenvalue weighted by atomic mass is 10.2. The van der Waals surface area contributed by atoms with E-state index in [1.807, 2.05) is 6.92 Å². The average Bonchev–Trinajstić information content (AvgIpc) is 3.30. The van der Waals surface area contributed by atoms with Crippen LogP contribution in [0.25, 0.3) is 0 Å². The summed E-state index contributed by atoms with van der Waals surface area (Å²) < 4.78 is 37.6. The van der Waals surface area contributed by atoms with Crippen LogP contribution in [0.1, 0.15) is 27.0 Å². The summed E-state index contributed by atoms with van der Waals surface area (Å²) in [6.45, 7) is 2.37. The summed E-state index contributed by atoms with van der Waals surface area (Å²) in [4.78, 5) is 24.3. The number of sulfonamides is 1. The highest BCUT2D eigenvalue weighted by atomic mass is 32.2. The minimum Gasteiger partial charge on any atom is -0.494 e. The number of thiophene rings is 1. The van der Waals surface area contributed by atoms with Gasteiger partial charge in [-0.2, -0.15) is 0 Å². The molecule has 1 N–H and O–H groups in total. The van der Waals surface area contributed by atoms with E-state index in [1.165, 1.54) is 44.5 Å². The van der Waals surface area contributed by atoms with Gasteiger partial charge in [-0.25, -0.2) is 13.2 Å². The van der Waals surface area contributed by atoms with Crippen LogP contribution in [0.15, 0.2) is 64.9 Å². The van der Waals surface area contributed by atoms with E-state index in [1.54, 1.807) is 29.6 Å². The number of esters is 1. The monoisotopic (exact) mass is 474 g/mol. The van der Waals surface area contributed by atoms with E-state index in [0.29, 0.717) is 29.3 Å². The van der Waals surface area contributed by atoms with Crippen LogP contribution in [0, 0.1) is 0 Å². The number of ether oxygens (including phenoxy) is 2. The van der Waals surface area contributed by atoms with Gasteiger partial charge in [0.2, 0.25) is 0 Å². The third-order valence-corrected chi connectivity index (χ3v) is 7.42. The highest BCUT2D eigenvalue weighted by molar-refractivity contribution is 7.93. The average molecular weight is 475 g/mol. The summed E-state index contributed by atoms with van der Waals surface area (Å²) in [7, 11) is -1.28. The molecule has 0 radical (unpaired) electrons. The van der Waals surface area contributed by atoms with E-state index in [-0.39, 0.29) is 9.77 Å². The number of amides is 1. The van der Waals surface area contributed by atoms with E-state index in [4.69, 9.17) is 4.74 Å². The Labute approximate surface area is 190 Å². The Bertz CT molecular complexity index is 1200. The maximum Gasteiger partial charge on any atom is 0.337 e. The van der Waals surface area contributed by atoms with Crippen molar-refractivity contribution in [2.45, 2.75) is 11.8 Å². The molecule has 0 bridgehead atoms. The van der Waals surface area contributed by atoms with Crippen molar-refractivity contribution in [1.82, 2.24) is 0 Å². The second kappa shape index (κ2) is 9.84. The molecule has 1 amide bonds. The van der Waals surface area contributed by atoms with Gasteiger partial charge in [0.1, 0.15) is 15.5 Å². The van der Waals surface area contributed by atoms with E-state index >= 15 is 0 Å². The Morgan fingerprint density at radius 1 is 1.03 bits per heavy atom. The highest BCUT2D eigenvalue weighted by Gasteiger charge is 2.28. The Morgan fingerprint density at radius 2 is 1.69 bits per heavy atom. The van der Waals surface area contributed by atoms with Crippen LogP contribution in [0.3, 0.4) is 0 Å². The van der Waals surface area contributed by atoms with Crippen molar-refractivity contribution in [2.75, 3.05) is 30.4 Å². The fraction of sp³-hybridized carbons (Fsp3) is 0.182. The molecule has 2 aromatic carbocycles. The SMILES string of the molecule is CCOc1ccc(N(C)S(=O)(=O)c2ccsc2C(=O)Nc2ccc(C(=O)OC)cc2)cc1. The first-order valence-electron chi connectivity index (χ1n) is 9.57. The standard InChI is InChI=1S/C22H22N2O6S2/c1-4-30-18-11-9-17(10-12-18)24(2)32(27,28)19-13-14-31-20(19)21(25)23-16-7-5-15(6-8-16)22(26)29-3/h5-14H,4H2,1-3H3,(H,23,25). The number of methoxy groups -OCH3 is 1. The van der Waals surface area contributed by atoms with Gasteiger partial charge < -0.3 is 14.8 Å². The van der Waals surface area contributed by atoms with Gasteiger partial charge in [0.15, 0.2) is 0 Å². The van der Waals surface area contributed by atoms with E-state index in [0.717, 1.165) is 15.6 Å². The molecule has 3 rings (SSSR count). The minimum atomic E-state index is -3.98. The number of hydrogen-bond donors (Lipinski definition) is 1. The molecule has 168 valence electrons. The van der Waals surface area contributed by atoms with Gasteiger partial charge in [-0.1, -0.05) is 0 Å². The predicted molar refractivity (Wildman–Crippen MR) is 123 cm³/mol. The molecule has 0 aliphatic rings. The quantitative estimate of drug-likeness (QED) is 0.495. The molecule has 0 spiro atoms. The number of hydrogen-bond acceptors (Lipinski definition) is 7. The van der Waals surface area contributed by atoms with Crippen molar-refractivity contribution in [3.63, 3.8) is 0 Å². The number of carbonyl (C=O) groups excluding carboxylic acids is 2. The van der Waals surface area contributed by atoms with Crippen molar-refractivity contribution >= 4 is 44.6 Å². The van der Waals surface area contributed by atoms with Gasteiger partial charge in [0, 0.05) is 12.7 Å². The van der Waals surface area contributed by atoms with Crippen molar-refractivity contribution in [1.29, 1.82) is 0 Å². The number of benzene rings is 2. The largest absolute Gasteiger partial charge is 0.494 e. The van der Waals surface area contributed by atoms with Crippen LogP contribution in [0.5, 0.6) is 5.75 Å². The summed E-state index contributed by atoms with van der Waals surface area (Å²) >= 11 is 1.03. The first-order chi connectivity index (χ1) is 15.3. The second-order valence-electron chi connectivity index (χ2n) is 6.54. The van der Waals surface area contributed by atoms with Gasteiger partial charge in [0.25, 0.3) is 15.9 Å². The van der Waals surface area contributed by atoms with Crippen LogP contribution in [-0.2, 0) is 14.8 Å². The number of carbonyl (C=O) groups is 2. The normalized spacial score (nSPS) is 11.0. The fourth-order valence-electron chi connectivity index (χ4n) is 2.87. The summed E-state index contributed by atoms with van der Waals surface area (Å²) in [5.41, 5.74) is 1.19. The van der Waals surface area contributed by atoms with Crippen molar-refractivity contribution < 1.29 is 27.5 Å². The molecule has 3 aromatic rings. The Hall–Kier alpha value is -3.37. The summed E-state index contributed by atoms with van der Waals surface area (Å²) in [5, 5.41) is 4.21. The number of rotatable bonds is 8. The first kappa shape index (κ1) is 23.3. The summed E-state index contributed by atoms with van der Waals surface area (Å²) in [5.74, 6) is -0.424. The van der Waals surface area contributed by atoms with Gasteiger partial charge in [-0.15, -0.1) is 11.3 Å². The molecule has 0 aliphatic heterocycles. The second-order valence-corrected chi connectivity index (χ2v) is 9.39. The summed E-state index contributed by atoms with van der Waals surface area (Å²) in [6.07, 6.45) is 0. The zero-order valence-corrected chi connectivity index (χ0v) is 19.3. The topological polar surface area (TPSA) is 102 Å². The van der Waals surface area contributed by atoms with Crippen LogP contribution in [-0.4, -0.2) is 41.1 Å². The fourth-order valence-corrected chi connectivity index (χ4v) is 5.36. The van der Waals surface area contributed by atoms with Crippen LogP contribution < -0.4 is 14.4 Å². The molecule has 0 aliphatic carbocycles. The molecule has 8 nitrogen and oxygen atoms in total. The van der Waals surface area contributed by atoms with Crippen molar-refractivity contribution in [3.8, 4) is 5.75 Å². The number of nitrogens with zero attached hydrogens (tertiary/aromatic N) is 1. The third-order valence-electron chi connectivity index (χ3n) is 4.55.